The summed E-state index contributed by atoms with van der Waals surface area (Å²) in [5, 5.41) is 4.29. The Morgan fingerprint density at radius 1 is 1.23 bits per heavy atom. The Hall–Kier alpha value is -2.02. The topological polar surface area (TPSA) is 84.5 Å². The van der Waals surface area contributed by atoms with Crippen molar-refractivity contribution >= 4 is 29.7 Å². The second-order valence-corrected chi connectivity index (χ2v) is 5.78. The lowest BCUT2D eigenvalue weighted by Gasteiger charge is -2.12. The van der Waals surface area contributed by atoms with Crippen molar-refractivity contribution in [3.63, 3.8) is 0 Å². The number of thioether (sulfide) groups is 1. The van der Waals surface area contributed by atoms with E-state index in [0.29, 0.717) is 0 Å². The highest BCUT2D eigenvalue weighted by Crippen LogP contribution is 2.21. The van der Waals surface area contributed by atoms with E-state index in [9.17, 15) is 14.4 Å². The third-order valence-corrected chi connectivity index (χ3v) is 3.94. The quantitative estimate of drug-likeness (QED) is 0.637. The van der Waals surface area contributed by atoms with Crippen LogP contribution in [0.3, 0.4) is 0 Å². The van der Waals surface area contributed by atoms with E-state index in [1.807, 2.05) is 37.4 Å². The molecule has 1 aromatic carbocycles. The van der Waals surface area contributed by atoms with Gasteiger partial charge in [0.05, 0.1) is 5.75 Å². The Morgan fingerprint density at radius 2 is 1.91 bits per heavy atom. The van der Waals surface area contributed by atoms with Crippen molar-refractivity contribution in [2.75, 3.05) is 12.8 Å². The van der Waals surface area contributed by atoms with Crippen molar-refractivity contribution in [2.24, 2.45) is 0 Å². The fraction of sp³-hybridized carbons (Fsp3) is 0.400. The summed E-state index contributed by atoms with van der Waals surface area (Å²) < 4.78 is 4.98. The van der Waals surface area contributed by atoms with Crippen LogP contribution in [-0.2, 0) is 14.3 Å². The van der Waals surface area contributed by atoms with Crippen molar-refractivity contribution in [1.29, 1.82) is 0 Å². The van der Waals surface area contributed by atoms with E-state index >= 15 is 0 Å². The molecule has 120 valence electrons. The summed E-state index contributed by atoms with van der Waals surface area (Å²) in [6, 6.07) is 5.27. The first-order valence-corrected chi connectivity index (χ1v) is 7.74. The number of carbonyl (C=O) groups is 3. The van der Waals surface area contributed by atoms with Crippen LogP contribution >= 0.6 is 11.8 Å². The van der Waals surface area contributed by atoms with E-state index < -0.39 is 24.0 Å². The molecular weight excluding hydrogens is 304 g/mol. The number of benzene rings is 1. The van der Waals surface area contributed by atoms with Crippen LogP contribution in [0.2, 0.25) is 0 Å². The molecule has 0 spiro atoms. The first-order chi connectivity index (χ1) is 10.3. The van der Waals surface area contributed by atoms with Crippen LogP contribution < -0.4 is 10.6 Å². The van der Waals surface area contributed by atoms with E-state index in [4.69, 9.17) is 4.74 Å². The number of esters is 1. The van der Waals surface area contributed by atoms with Crippen molar-refractivity contribution in [2.45, 2.75) is 31.8 Å². The maximum Gasteiger partial charge on any atom is 0.321 e. The molecule has 0 radical (unpaired) electrons. The lowest BCUT2D eigenvalue weighted by Crippen LogP contribution is -2.43. The monoisotopic (exact) mass is 324 g/mol. The molecule has 3 amide bonds. The molecule has 0 saturated heterocycles. The standard InChI is InChI=1S/C15H20N2O4S/c1-9-5-6-12(7-10(9)2)22-8-13(18)21-11(3)14(19)17-15(20)16-4/h5-7,11H,8H2,1-4H3,(H2,16,17,19,20)/t11-/m0/s1. The molecule has 0 aromatic heterocycles. The summed E-state index contributed by atoms with van der Waals surface area (Å²) >= 11 is 1.34. The molecule has 0 aliphatic heterocycles. The molecule has 1 atom stereocenters. The van der Waals surface area contributed by atoms with Crippen molar-refractivity contribution in [3.8, 4) is 0 Å². The van der Waals surface area contributed by atoms with Gasteiger partial charge < -0.3 is 10.1 Å². The summed E-state index contributed by atoms with van der Waals surface area (Å²) in [4.78, 5) is 35.2. The van der Waals surface area contributed by atoms with Crippen LogP contribution in [0.4, 0.5) is 4.79 Å². The Morgan fingerprint density at radius 3 is 2.50 bits per heavy atom. The Labute approximate surface area is 134 Å². The molecule has 0 aliphatic carbocycles. The van der Waals surface area contributed by atoms with Gasteiger partial charge in [-0.05, 0) is 44.0 Å². The van der Waals surface area contributed by atoms with Crippen LogP contribution in [-0.4, -0.2) is 36.8 Å². The lowest BCUT2D eigenvalue weighted by atomic mass is 10.1. The van der Waals surface area contributed by atoms with E-state index in [2.05, 4.69) is 5.32 Å². The first-order valence-electron chi connectivity index (χ1n) is 6.75. The molecule has 0 heterocycles. The fourth-order valence-electron chi connectivity index (χ4n) is 1.51. The molecule has 7 heteroatoms. The molecule has 0 bridgehead atoms. The van der Waals surface area contributed by atoms with E-state index in [-0.39, 0.29) is 5.75 Å². The van der Waals surface area contributed by atoms with Crippen molar-refractivity contribution in [3.05, 3.63) is 29.3 Å². The van der Waals surface area contributed by atoms with Crippen LogP contribution in [0.5, 0.6) is 0 Å². The Kier molecular flexibility index (Phi) is 6.91. The second kappa shape index (κ2) is 8.43. The lowest BCUT2D eigenvalue weighted by molar-refractivity contribution is -0.151. The van der Waals surface area contributed by atoms with E-state index in [1.165, 1.54) is 31.3 Å². The zero-order chi connectivity index (χ0) is 16.7. The van der Waals surface area contributed by atoms with Gasteiger partial charge in [0.1, 0.15) is 0 Å². The highest BCUT2D eigenvalue weighted by Gasteiger charge is 2.19. The minimum Gasteiger partial charge on any atom is -0.452 e. The van der Waals surface area contributed by atoms with Gasteiger partial charge in [0.25, 0.3) is 5.91 Å². The number of nitrogens with one attached hydrogen (secondary N) is 2. The number of imide groups is 1. The van der Waals surface area contributed by atoms with Crippen LogP contribution in [0.15, 0.2) is 23.1 Å². The Balaban J connectivity index is 2.43. The summed E-state index contributed by atoms with van der Waals surface area (Å²) in [5.41, 5.74) is 2.34. The van der Waals surface area contributed by atoms with Crippen LogP contribution in [0.25, 0.3) is 0 Å². The highest BCUT2D eigenvalue weighted by molar-refractivity contribution is 8.00. The maximum atomic E-state index is 11.7. The molecule has 22 heavy (non-hydrogen) atoms. The average molecular weight is 324 g/mol. The minimum atomic E-state index is -1.02. The highest BCUT2D eigenvalue weighted by atomic mass is 32.2. The normalized spacial score (nSPS) is 11.5. The molecule has 0 saturated carbocycles. The van der Waals surface area contributed by atoms with Crippen LogP contribution in [0.1, 0.15) is 18.1 Å². The molecule has 0 unspecified atom stereocenters. The van der Waals surface area contributed by atoms with Gasteiger partial charge in [0, 0.05) is 11.9 Å². The average Bonchev–Trinajstić information content (AvgIpc) is 2.48. The molecule has 6 nitrogen and oxygen atoms in total. The predicted octanol–water partition coefficient (Wildman–Crippen LogP) is 1.78. The minimum absolute atomic E-state index is 0.0973. The van der Waals surface area contributed by atoms with Gasteiger partial charge in [-0.1, -0.05) is 6.07 Å². The summed E-state index contributed by atoms with van der Waals surface area (Å²) in [6.07, 6.45) is -1.02. The van der Waals surface area contributed by atoms with E-state index in [0.717, 1.165) is 10.5 Å². The van der Waals surface area contributed by atoms with Crippen molar-refractivity contribution in [1.82, 2.24) is 10.6 Å². The summed E-state index contributed by atoms with van der Waals surface area (Å²) in [5.74, 6) is -1.08. The van der Waals surface area contributed by atoms with Crippen LogP contribution in [0, 0.1) is 13.8 Å². The number of urea groups is 1. The number of aryl methyl sites for hydroxylation is 2. The van der Waals surface area contributed by atoms with Gasteiger partial charge in [-0.25, -0.2) is 4.79 Å². The molecule has 0 fully saturated rings. The summed E-state index contributed by atoms with van der Waals surface area (Å²) in [7, 11) is 1.39. The number of ether oxygens (including phenoxy) is 1. The summed E-state index contributed by atoms with van der Waals surface area (Å²) in [6.45, 7) is 5.44. The first kappa shape index (κ1) is 18.0. The molecule has 2 N–H and O–H groups in total. The largest absolute Gasteiger partial charge is 0.452 e. The maximum absolute atomic E-state index is 11.7. The number of hydrogen-bond acceptors (Lipinski definition) is 5. The Bertz CT molecular complexity index is 575. The number of rotatable bonds is 5. The van der Waals surface area contributed by atoms with Gasteiger partial charge in [-0.2, -0.15) is 0 Å². The molecule has 1 aromatic rings. The zero-order valence-electron chi connectivity index (χ0n) is 13.1. The third kappa shape index (κ3) is 5.77. The van der Waals surface area contributed by atoms with Crippen molar-refractivity contribution < 1.29 is 19.1 Å². The second-order valence-electron chi connectivity index (χ2n) is 4.74. The predicted molar refractivity (Wildman–Crippen MR) is 84.8 cm³/mol. The SMILES string of the molecule is CNC(=O)NC(=O)[C@H](C)OC(=O)CSc1ccc(C)c(C)c1. The molecule has 1 rings (SSSR count). The smallest absolute Gasteiger partial charge is 0.321 e. The molecular formula is C15H20N2O4S. The van der Waals surface area contributed by atoms with Gasteiger partial charge in [0.2, 0.25) is 0 Å². The zero-order valence-corrected chi connectivity index (χ0v) is 13.9. The van der Waals surface area contributed by atoms with Gasteiger partial charge in [-0.15, -0.1) is 11.8 Å². The number of hydrogen-bond donors (Lipinski definition) is 2. The number of carbonyl (C=O) groups excluding carboxylic acids is 3. The number of amides is 3. The van der Waals surface area contributed by atoms with Gasteiger partial charge >= 0.3 is 12.0 Å². The van der Waals surface area contributed by atoms with Gasteiger partial charge in [0.15, 0.2) is 6.10 Å². The van der Waals surface area contributed by atoms with Gasteiger partial charge in [-0.3, -0.25) is 14.9 Å². The fourth-order valence-corrected chi connectivity index (χ4v) is 2.28. The third-order valence-electron chi connectivity index (χ3n) is 2.98. The van der Waals surface area contributed by atoms with E-state index in [1.54, 1.807) is 0 Å². The molecule has 0 aliphatic rings.